The van der Waals surface area contributed by atoms with Gasteiger partial charge in [-0.25, -0.2) is 4.98 Å². The lowest BCUT2D eigenvalue weighted by Gasteiger charge is -2.14. The monoisotopic (exact) mass is 320 g/mol. The minimum atomic E-state index is -0.792. The summed E-state index contributed by atoms with van der Waals surface area (Å²) in [6.07, 6.45) is 4.11. The van der Waals surface area contributed by atoms with Crippen LogP contribution in [0, 0.1) is 5.92 Å². The van der Waals surface area contributed by atoms with Gasteiger partial charge in [-0.05, 0) is 25.3 Å². The van der Waals surface area contributed by atoms with Gasteiger partial charge in [-0.3, -0.25) is 9.59 Å². The Morgan fingerprint density at radius 2 is 2.22 bits per heavy atom. The summed E-state index contributed by atoms with van der Waals surface area (Å²) in [7, 11) is 0. The van der Waals surface area contributed by atoms with Gasteiger partial charge in [0.25, 0.3) is 5.91 Å². The number of aromatic nitrogens is 1. The summed E-state index contributed by atoms with van der Waals surface area (Å²) in [6, 6.07) is 3.14. The number of carboxylic acids is 1. The van der Waals surface area contributed by atoms with Crippen molar-refractivity contribution in [3.8, 4) is 5.88 Å². The van der Waals surface area contributed by atoms with Gasteiger partial charge in [0.2, 0.25) is 5.88 Å². The summed E-state index contributed by atoms with van der Waals surface area (Å²) in [6.45, 7) is 1.22. The molecule has 1 saturated heterocycles. The standard InChI is InChI=1S/C16H20N2O5/c19-15(18-12-2-1-11(7-12)16(20)21)10-3-5-17-14(8-10)23-13-4-6-22-9-13/h3,5,8,11-13H,1-2,4,6-7,9H2,(H,18,19)(H,20,21)/t11-,12+,13?/m0/s1. The van der Waals surface area contributed by atoms with Gasteiger partial charge in [0.15, 0.2) is 0 Å². The number of carboxylic acid groups (broad SMARTS) is 1. The quantitative estimate of drug-likeness (QED) is 0.847. The fraction of sp³-hybridized carbons (Fsp3) is 0.562. The van der Waals surface area contributed by atoms with Crippen molar-refractivity contribution in [1.82, 2.24) is 10.3 Å². The molecule has 7 nitrogen and oxygen atoms in total. The van der Waals surface area contributed by atoms with Crippen LogP contribution in [0.5, 0.6) is 5.88 Å². The number of nitrogens with zero attached hydrogens (tertiary/aromatic N) is 1. The molecule has 0 spiro atoms. The maximum absolute atomic E-state index is 12.3. The molecule has 7 heteroatoms. The summed E-state index contributed by atoms with van der Waals surface area (Å²) < 4.78 is 10.9. The molecule has 2 aliphatic rings. The predicted molar refractivity (Wildman–Crippen MR) is 80.3 cm³/mol. The number of nitrogens with one attached hydrogen (secondary N) is 1. The Morgan fingerprint density at radius 3 is 2.91 bits per heavy atom. The van der Waals surface area contributed by atoms with Crippen molar-refractivity contribution in [3.05, 3.63) is 23.9 Å². The molecule has 3 rings (SSSR count). The zero-order valence-electron chi connectivity index (χ0n) is 12.7. The minimum absolute atomic E-state index is 0.0213. The molecule has 1 aliphatic carbocycles. The molecule has 1 aromatic rings. The number of carbonyl (C=O) groups is 2. The SMILES string of the molecule is O=C(N[C@@H]1CC[C@H](C(=O)O)C1)c1ccnc(OC2CCOC2)c1. The van der Waals surface area contributed by atoms with Gasteiger partial charge in [-0.1, -0.05) is 0 Å². The average Bonchev–Trinajstić information content (AvgIpc) is 3.19. The fourth-order valence-corrected chi connectivity index (χ4v) is 3.00. The number of ether oxygens (including phenoxy) is 2. The first-order valence-corrected chi connectivity index (χ1v) is 7.86. The fourth-order valence-electron chi connectivity index (χ4n) is 3.00. The summed E-state index contributed by atoms with van der Waals surface area (Å²) in [5.74, 6) is -0.974. The van der Waals surface area contributed by atoms with E-state index in [0.29, 0.717) is 43.9 Å². The molecule has 3 atom stereocenters. The Bertz CT molecular complexity index is 586. The van der Waals surface area contributed by atoms with Crippen LogP contribution in [0.2, 0.25) is 0 Å². The lowest BCUT2D eigenvalue weighted by molar-refractivity contribution is -0.141. The van der Waals surface area contributed by atoms with Crippen LogP contribution in [0.4, 0.5) is 0 Å². The third-order valence-electron chi connectivity index (χ3n) is 4.29. The second kappa shape index (κ2) is 6.95. The third kappa shape index (κ3) is 3.98. The largest absolute Gasteiger partial charge is 0.481 e. The molecule has 23 heavy (non-hydrogen) atoms. The van der Waals surface area contributed by atoms with E-state index in [4.69, 9.17) is 14.6 Å². The van der Waals surface area contributed by atoms with Crippen LogP contribution >= 0.6 is 0 Å². The normalized spacial score (nSPS) is 26.9. The molecule has 1 aliphatic heterocycles. The zero-order valence-corrected chi connectivity index (χ0v) is 12.7. The molecular formula is C16H20N2O5. The number of carbonyl (C=O) groups excluding carboxylic acids is 1. The highest BCUT2D eigenvalue weighted by Crippen LogP contribution is 2.26. The highest BCUT2D eigenvalue weighted by Gasteiger charge is 2.30. The van der Waals surface area contributed by atoms with E-state index in [1.54, 1.807) is 12.1 Å². The summed E-state index contributed by atoms with van der Waals surface area (Å²) >= 11 is 0. The van der Waals surface area contributed by atoms with Crippen molar-refractivity contribution in [1.29, 1.82) is 0 Å². The van der Waals surface area contributed by atoms with E-state index >= 15 is 0 Å². The van der Waals surface area contributed by atoms with Gasteiger partial charge in [-0.2, -0.15) is 0 Å². The van der Waals surface area contributed by atoms with Crippen LogP contribution in [0.25, 0.3) is 0 Å². The van der Waals surface area contributed by atoms with Gasteiger partial charge in [0, 0.05) is 30.3 Å². The summed E-state index contributed by atoms with van der Waals surface area (Å²) in [4.78, 5) is 27.4. The lowest BCUT2D eigenvalue weighted by Crippen LogP contribution is -2.33. The first-order chi connectivity index (χ1) is 11.1. The van der Waals surface area contributed by atoms with Gasteiger partial charge >= 0.3 is 5.97 Å². The summed E-state index contributed by atoms with van der Waals surface area (Å²) in [5, 5.41) is 11.9. The van der Waals surface area contributed by atoms with Crippen LogP contribution in [-0.4, -0.2) is 47.3 Å². The second-order valence-corrected chi connectivity index (χ2v) is 6.00. The predicted octanol–water partition coefficient (Wildman–Crippen LogP) is 1.23. The lowest BCUT2D eigenvalue weighted by atomic mass is 10.1. The molecule has 0 radical (unpaired) electrons. The van der Waals surface area contributed by atoms with Gasteiger partial charge in [0.1, 0.15) is 6.10 Å². The van der Waals surface area contributed by atoms with E-state index in [9.17, 15) is 9.59 Å². The number of hydrogen-bond acceptors (Lipinski definition) is 5. The molecular weight excluding hydrogens is 300 g/mol. The van der Waals surface area contributed by atoms with Crippen molar-refractivity contribution < 1.29 is 24.2 Å². The van der Waals surface area contributed by atoms with Crippen molar-refractivity contribution in [2.24, 2.45) is 5.92 Å². The Balaban J connectivity index is 1.58. The first kappa shape index (κ1) is 15.7. The highest BCUT2D eigenvalue weighted by molar-refractivity contribution is 5.94. The Kier molecular flexibility index (Phi) is 4.76. The summed E-state index contributed by atoms with van der Waals surface area (Å²) in [5.41, 5.74) is 0.465. The molecule has 1 amide bonds. The van der Waals surface area contributed by atoms with Crippen molar-refractivity contribution >= 4 is 11.9 Å². The molecule has 0 bridgehead atoms. The molecule has 1 unspecified atom stereocenters. The van der Waals surface area contributed by atoms with E-state index in [1.807, 2.05) is 0 Å². The van der Waals surface area contributed by atoms with E-state index in [1.165, 1.54) is 6.20 Å². The number of pyridine rings is 1. The number of rotatable bonds is 5. The van der Waals surface area contributed by atoms with Crippen LogP contribution in [0.1, 0.15) is 36.0 Å². The molecule has 1 saturated carbocycles. The molecule has 124 valence electrons. The van der Waals surface area contributed by atoms with E-state index in [2.05, 4.69) is 10.3 Å². The van der Waals surface area contributed by atoms with Crippen LogP contribution in [0.3, 0.4) is 0 Å². The van der Waals surface area contributed by atoms with Crippen LogP contribution in [-0.2, 0) is 9.53 Å². The average molecular weight is 320 g/mol. The zero-order chi connectivity index (χ0) is 16.2. The van der Waals surface area contributed by atoms with Crippen LogP contribution in [0.15, 0.2) is 18.3 Å². The number of aliphatic carboxylic acids is 1. The molecule has 2 fully saturated rings. The van der Waals surface area contributed by atoms with Crippen molar-refractivity contribution in [2.75, 3.05) is 13.2 Å². The van der Waals surface area contributed by atoms with Gasteiger partial charge in [0.05, 0.1) is 19.1 Å². The van der Waals surface area contributed by atoms with Crippen molar-refractivity contribution in [3.63, 3.8) is 0 Å². The number of amides is 1. The Hall–Kier alpha value is -2.15. The van der Waals surface area contributed by atoms with Crippen LogP contribution < -0.4 is 10.1 Å². The van der Waals surface area contributed by atoms with Crippen molar-refractivity contribution in [2.45, 2.75) is 37.8 Å². The van der Waals surface area contributed by atoms with Gasteiger partial charge < -0.3 is 19.9 Å². The molecule has 1 aromatic heterocycles. The van der Waals surface area contributed by atoms with E-state index in [0.717, 1.165) is 6.42 Å². The molecule has 0 aromatic carbocycles. The Morgan fingerprint density at radius 1 is 1.35 bits per heavy atom. The maximum atomic E-state index is 12.3. The topological polar surface area (TPSA) is 97.8 Å². The smallest absolute Gasteiger partial charge is 0.306 e. The van der Waals surface area contributed by atoms with E-state index in [-0.39, 0.29) is 24.0 Å². The molecule has 2 N–H and O–H groups in total. The van der Waals surface area contributed by atoms with E-state index < -0.39 is 5.97 Å². The highest BCUT2D eigenvalue weighted by atomic mass is 16.5. The Labute approximate surface area is 134 Å². The third-order valence-corrected chi connectivity index (χ3v) is 4.29. The second-order valence-electron chi connectivity index (χ2n) is 6.00. The number of hydrogen-bond donors (Lipinski definition) is 2. The maximum Gasteiger partial charge on any atom is 0.306 e. The first-order valence-electron chi connectivity index (χ1n) is 7.86. The van der Waals surface area contributed by atoms with Gasteiger partial charge in [-0.15, -0.1) is 0 Å². The molecule has 2 heterocycles. The minimum Gasteiger partial charge on any atom is -0.481 e.